The Labute approximate surface area is 111 Å². The third-order valence-corrected chi connectivity index (χ3v) is 4.55. The molecule has 0 bridgehead atoms. The van der Waals surface area contributed by atoms with E-state index in [1.165, 1.54) is 19.5 Å². The van der Waals surface area contributed by atoms with E-state index in [-0.39, 0.29) is 0 Å². The summed E-state index contributed by atoms with van der Waals surface area (Å²) < 4.78 is 5.41. The van der Waals surface area contributed by atoms with Gasteiger partial charge in [0.05, 0.1) is 13.2 Å². The second-order valence-corrected chi connectivity index (χ2v) is 6.05. The molecule has 4 nitrogen and oxygen atoms in total. The Morgan fingerprint density at radius 1 is 1.22 bits per heavy atom. The van der Waals surface area contributed by atoms with Gasteiger partial charge >= 0.3 is 0 Å². The van der Waals surface area contributed by atoms with E-state index in [4.69, 9.17) is 10.5 Å². The summed E-state index contributed by atoms with van der Waals surface area (Å²) in [6.45, 7) is 13.0. The fourth-order valence-corrected chi connectivity index (χ4v) is 3.20. The van der Waals surface area contributed by atoms with Crippen molar-refractivity contribution in [2.45, 2.75) is 26.3 Å². The average molecular weight is 255 g/mol. The van der Waals surface area contributed by atoms with Crippen molar-refractivity contribution >= 4 is 0 Å². The van der Waals surface area contributed by atoms with Gasteiger partial charge in [-0.2, -0.15) is 0 Å². The molecule has 4 heteroatoms. The van der Waals surface area contributed by atoms with Crippen LogP contribution in [0, 0.1) is 11.8 Å². The summed E-state index contributed by atoms with van der Waals surface area (Å²) in [6.07, 6.45) is 1.32. The second-order valence-electron chi connectivity index (χ2n) is 6.05. The van der Waals surface area contributed by atoms with Crippen molar-refractivity contribution in [1.29, 1.82) is 0 Å². The van der Waals surface area contributed by atoms with Gasteiger partial charge in [-0.3, -0.25) is 4.90 Å². The first-order valence-electron chi connectivity index (χ1n) is 7.45. The maximum absolute atomic E-state index is 6.01. The van der Waals surface area contributed by atoms with E-state index in [0.29, 0.717) is 12.0 Å². The van der Waals surface area contributed by atoms with E-state index in [1.807, 2.05) is 0 Å². The summed E-state index contributed by atoms with van der Waals surface area (Å²) in [6, 6.07) is 0.678. The molecule has 0 amide bonds. The van der Waals surface area contributed by atoms with Crippen LogP contribution in [0.3, 0.4) is 0 Å². The maximum atomic E-state index is 6.01. The largest absolute Gasteiger partial charge is 0.379 e. The van der Waals surface area contributed by atoms with Crippen LogP contribution in [-0.2, 0) is 4.74 Å². The van der Waals surface area contributed by atoms with Gasteiger partial charge in [-0.25, -0.2) is 0 Å². The summed E-state index contributed by atoms with van der Waals surface area (Å²) in [5.41, 5.74) is 6.01. The zero-order valence-corrected chi connectivity index (χ0v) is 12.0. The molecule has 2 N–H and O–H groups in total. The molecule has 106 valence electrons. The van der Waals surface area contributed by atoms with Crippen LogP contribution in [0.25, 0.3) is 0 Å². The standard InChI is InChI=1S/C14H29N3O/c1-12(2)17-4-3-13(11-17)14(9-15)10-16-5-7-18-8-6-16/h12-14H,3-11,15H2,1-2H3. The van der Waals surface area contributed by atoms with Gasteiger partial charge in [0.25, 0.3) is 0 Å². The third kappa shape index (κ3) is 3.67. The first-order valence-corrected chi connectivity index (χ1v) is 7.45. The van der Waals surface area contributed by atoms with Gasteiger partial charge in [-0.15, -0.1) is 0 Å². The van der Waals surface area contributed by atoms with Crippen LogP contribution >= 0.6 is 0 Å². The molecule has 0 aromatic heterocycles. The quantitative estimate of drug-likeness (QED) is 0.782. The van der Waals surface area contributed by atoms with E-state index in [1.54, 1.807) is 0 Å². The van der Waals surface area contributed by atoms with Crippen LogP contribution in [0.15, 0.2) is 0 Å². The van der Waals surface area contributed by atoms with E-state index in [0.717, 1.165) is 45.3 Å². The summed E-state index contributed by atoms with van der Waals surface area (Å²) in [5, 5.41) is 0. The molecule has 0 aromatic rings. The fourth-order valence-electron chi connectivity index (χ4n) is 3.20. The lowest BCUT2D eigenvalue weighted by Crippen LogP contribution is -2.43. The monoisotopic (exact) mass is 255 g/mol. The minimum Gasteiger partial charge on any atom is -0.379 e. The van der Waals surface area contributed by atoms with Crippen molar-refractivity contribution in [3.05, 3.63) is 0 Å². The molecule has 0 aromatic carbocycles. The third-order valence-electron chi connectivity index (χ3n) is 4.55. The predicted octanol–water partition coefficient (Wildman–Crippen LogP) is 0.624. The van der Waals surface area contributed by atoms with E-state index in [9.17, 15) is 0 Å². The molecule has 2 aliphatic heterocycles. The van der Waals surface area contributed by atoms with Crippen molar-refractivity contribution in [2.75, 3.05) is 52.5 Å². The molecule has 0 spiro atoms. The second kappa shape index (κ2) is 6.85. The molecule has 0 saturated carbocycles. The Morgan fingerprint density at radius 2 is 1.94 bits per heavy atom. The average Bonchev–Trinajstić information content (AvgIpc) is 2.87. The predicted molar refractivity (Wildman–Crippen MR) is 74.6 cm³/mol. The topological polar surface area (TPSA) is 41.7 Å². The molecule has 0 aliphatic carbocycles. The lowest BCUT2D eigenvalue weighted by Gasteiger charge is -2.32. The Morgan fingerprint density at radius 3 is 2.50 bits per heavy atom. The van der Waals surface area contributed by atoms with Gasteiger partial charge in [0, 0.05) is 32.2 Å². The number of nitrogens with two attached hydrogens (primary N) is 1. The lowest BCUT2D eigenvalue weighted by molar-refractivity contribution is 0.0267. The number of likely N-dealkylation sites (tertiary alicyclic amines) is 1. The van der Waals surface area contributed by atoms with E-state index in [2.05, 4.69) is 23.6 Å². The maximum Gasteiger partial charge on any atom is 0.0594 e. The minimum absolute atomic E-state index is 0.659. The first kappa shape index (κ1) is 14.3. The summed E-state index contributed by atoms with van der Waals surface area (Å²) in [5.74, 6) is 1.45. The molecule has 2 saturated heterocycles. The summed E-state index contributed by atoms with van der Waals surface area (Å²) in [4.78, 5) is 5.12. The number of hydrogen-bond donors (Lipinski definition) is 1. The van der Waals surface area contributed by atoms with Crippen LogP contribution in [0.4, 0.5) is 0 Å². The molecular weight excluding hydrogens is 226 g/mol. The zero-order chi connectivity index (χ0) is 13.0. The highest BCUT2D eigenvalue weighted by Crippen LogP contribution is 2.26. The van der Waals surface area contributed by atoms with Gasteiger partial charge in [0.1, 0.15) is 0 Å². The molecule has 0 radical (unpaired) electrons. The summed E-state index contributed by atoms with van der Waals surface area (Å²) in [7, 11) is 0. The Bertz CT molecular complexity index is 241. The molecular formula is C14H29N3O. The molecule has 2 atom stereocenters. The van der Waals surface area contributed by atoms with Gasteiger partial charge in [-0.05, 0) is 45.2 Å². The summed E-state index contributed by atoms with van der Waals surface area (Å²) >= 11 is 0. The first-order chi connectivity index (χ1) is 8.70. The smallest absolute Gasteiger partial charge is 0.0594 e. The Balaban J connectivity index is 1.81. The van der Waals surface area contributed by atoms with Crippen molar-refractivity contribution in [3.8, 4) is 0 Å². The minimum atomic E-state index is 0.659. The van der Waals surface area contributed by atoms with Gasteiger partial charge in [0.15, 0.2) is 0 Å². The number of rotatable bonds is 5. The molecule has 2 rings (SSSR count). The number of ether oxygens (including phenoxy) is 1. The van der Waals surface area contributed by atoms with Crippen LogP contribution in [0.1, 0.15) is 20.3 Å². The number of hydrogen-bond acceptors (Lipinski definition) is 4. The fraction of sp³-hybridized carbons (Fsp3) is 1.00. The Hall–Kier alpha value is -0.160. The zero-order valence-electron chi connectivity index (χ0n) is 12.0. The van der Waals surface area contributed by atoms with Crippen molar-refractivity contribution in [3.63, 3.8) is 0 Å². The lowest BCUT2D eigenvalue weighted by atomic mass is 9.91. The number of morpholine rings is 1. The Kier molecular flexibility index (Phi) is 5.42. The van der Waals surface area contributed by atoms with Crippen LogP contribution in [-0.4, -0.2) is 68.3 Å². The van der Waals surface area contributed by atoms with Gasteiger partial charge < -0.3 is 15.4 Å². The van der Waals surface area contributed by atoms with Gasteiger partial charge in [0.2, 0.25) is 0 Å². The molecule has 2 heterocycles. The SMILES string of the molecule is CC(C)N1CCC(C(CN)CN2CCOCC2)C1. The normalized spacial score (nSPS) is 29.0. The van der Waals surface area contributed by atoms with E-state index >= 15 is 0 Å². The van der Waals surface area contributed by atoms with Crippen molar-refractivity contribution in [2.24, 2.45) is 17.6 Å². The van der Waals surface area contributed by atoms with Crippen LogP contribution < -0.4 is 5.73 Å². The molecule has 2 aliphatic rings. The molecule has 2 unspecified atom stereocenters. The highest BCUT2D eigenvalue weighted by atomic mass is 16.5. The highest BCUT2D eigenvalue weighted by molar-refractivity contribution is 4.85. The van der Waals surface area contributed by atoms with Crippen LogP contribution in [0.2, 0.25) is 0 Å². The van der Waals surface area contributed by atoms with Crippen molar-refractivity contribution in [1.82, 2.24) is 9.80 Å². The van der Waals surface area contributed by atoms with E-state index < -0.39 is 0 Å². The molecule has 2 fully saturated rings. The number of nitrogens with zero attached hydrogens (tertiary/aromatic N) is 2. The van der Waals surface area contributed by atoms with Gasteiger partial charge in [-0.1, -0.05) is 0 Å². The van der Waals surface area contributed by atoms with Crippen molar-refractivity contribution < 1.29 is 4.74 Å². The molecule has 18 heavy (non-hydrogen) atoms. The highest BCUT2D eigenvalue weighted by Gasteiger charge is 2.31. The van der Waals surface area contributed by atoms with Crippen LogP contribution in [0.5, 0.6) is 0 Å².